The van der Waals surface area contributed by atoms with Crippen LogP contribution in [0, 0.1) is 11.6 Å². The van der Waals surface area contributed by atoms with Crippen molar-refractivity contribution < 1.29 is 18.7 Å². The van der Waals surface area contributed by atoms with Crippen molar-refractivity contribution in [1.82, 2.24) is 0 Å². The molecule has 0 radical (unpaired) electrons. The number of benzene rings is 2. The van der Waals surface area contributed by atoms with E-state index in [1.807, 2.05) is 0 Å². The molecule has 0 aromatic heterocycles. The molecule has 0 atom stereocenters. The number of carbonyl (C=O) groups excluding carboxylic acids is 1. The maximum Gasteiger partial charge on any atom is 0.261 e. The monoisotopic (exact) mass is 327 g/mol. The molecule has 0 saturated heterocycles. The topological polar surface area (TPSA) is 49.3 Å². The van der Waals surface area contributed by atoms with Crippen LogP contribution in [0.2, 0.25) is 0 Å². The summed E-state index contributed by atoms with van der Waals surface area (Å²) in [5, 5.41) is 11.4. The standard InChI is InChI=1S/C13H8BrF2NO2/c14-7-5-10(15)12(11(16)6-7)13(19)17-8-1-3-9(18)4-2-8/h1-6,18H,(H,17,19). The van der Waals surface area contributed by atoms with E-state index in [0.29, 0.717) is 5.69 Å². The van der Waals surface area contributed by atoms with Gasteiger partial charge >= 0.3 is 0 Å². The van der Waals surface area contributed by atoms with E-state index in [4.69, 9.17) is 5.11 Å². The van der Waals surface area contributed by atoms with E-state index in [9.17, 15) is 13.6 Å². The highest BCUT2D eigenvalue weighted by molar-refractivity contribution is 9.10. The van der Waals surface area contributed by atoms with Crippen molar-refractivity contribution in [3.05, 3.63) is 58.1 Å². The van der Waals surface area contributed by atoms with Crippen LogP contribution < -0.4 is 5.32 Å². The molecule has 0 aliphatic rings. The van der Waals surface area contributed by atoms with Crippen molar-refractivity contribution >= 4 is 27.5 Å². The van der Waals surface area contributed by atoms with Crippen molar-refractivity contribution in [3.63, 3.8) is 0 Å². The van der Waals surface area contributed by atoms with E-state index in [2.05, 4.69) is 21.2 Å². The van der Waals surface area contributed by atoms with Crippen molar-refractivity contribution in [2.75, 3.05) is 5.32 Å². The average molecular weight is 328 g/mol. The number of halogens is 3. The Bertz CT molecular complexity index is 606. The minimum Gasteiger partial charge on any atom is -0.508 e. The fraction of sp³-hybridized carbons (Fsp3) is 0. The Hall–Kier alpha value is -1.95. The summed E-state index contributed by atoms with van der Waals surface area (Å²) in [4.78, 5) is 11.8. The molecule has 0 aliphatic heterocycles. The maximum absolute atomic E-state index is 13.6. The number of phenols is 1. The first-order chi connectivity index (χ1) is 8.97. The molecule has 2 N–H and O–H groups in total. The highest BCUT2D eigenvalue weighted by atomic mass is 79.9. The molecule has 0 bridgehead atoms. The molecule has 0 saturated carbocycles. The van der Waals surface area contributed by atoms with Gasteiger partial charge in [-0.25, -0.2) is 8.78 Å². The van der Waals surface area contributed by atoms with Crippen molar-refractivity contribution in [3.8, 4) is 5.75 Å². The molecule has 0 fully saturated rings. The molecule has 0 aliphatic carbocycles. The van der Waals surface area contributed by atoms with Crippen LogP contribution in [-0.2, 0) is 0 Å². The molecule has 19 heavy (non-hydrogen) atoms. The molecule has 98 valence electrons. The van der Waals surface area contributed by atoms with Gasteiger partial charge in [-0.05, 0) is 36.4 Å². The molecule has 0 unspecified atom stereocenters. The zero-order valence-electron chi connectivity index (χ0n) is 9.45. The summed E-state index contributed by atoms with van der Waals surface area (Å²) in [6.45, 7) is 0. The lowest BCUT2D eigenvalue weighted by Gasteiger charge is -2.07. The minimum atomic E-state index is -0.955. The summed E-state index contributed by atoms with van der Waals surface area (Å²) in [6, 6.07) is 7.56. The van der Waals surface area contributed by atoms with Crippen molar-refractivity contribution in [2.45, 2.75) is 0 Å². The molecule has 0 heterocycles. The van der Waals surface area contributed by atoms with Gasteiger partial charge in [0, 0.05) is 10.2 Å². The second-order valence-corrected chi connectivity index (χ2v) is 4.66. The van der Waals surface area contributed by atoms with Gasteiger partial charge in [0.1, 0.15) is 22.9 Å². The maximum atomic E-state index is 13.6. The number of anilines is 1. The molecule has 1 amide bonds. The number of hydrogen-bond acceptors (Lipinski definition) is 2. The Labute approximate surface area is 116 Å². The van der Waals surface area contributed by atoms with E-state index in [1.54, 1.807) is 0 Å². The fourth-order valence-electron chi connectivity index (χ4n) is 1.50. The van der Waals surface area contributed by atoms with E-state index in [-0.39, 0.29) is 10.2 Å². The Kier molecular flexibility index (Phi) is 3.80. The van der Waals surface area contributed by atoms with Gasteiger partial charge in [0.05, 0.1) is 0 Å². The van der Waals surface area contributed by atoms with Gasteiger partial charge in [-0.1, -0.05) is 15.9 Å². The first kappa shape index (κ1) is 13.5. The summed E-state index contributed by atoms with van der Waals surface area (Å²) >= 11 is 2.93. The van der Waals surface area contributed by atoms with Gasteiger partial charge < -0.3 is 10.4 Å². The predicted octanol–water partition coefficient (Wildman–Crippen LogP) is 3.69. The van der Waals surface area contributed by atoms with Crippen LogP contribution in [0.15, 0.2) is 40.9 Å². The number of nitrogens with one attached hydrogen (secondary N) is 1. The lowest BCUT2D eigenvalue weighted by molar-refractivity contribution is 0.101. The third-order valence-corrected chi connectivity index (χ3v) is 2.82. The lowest BCUT2D eigenvalue weighted by atomic mass is 10.1. The van der Waals surface area contributed by atoms with Crippen LogP contribution >= 0.6 is 15.9 Å². The summed E-state index contributed by atoms with van der Waals surface area (Å²) < 4.78 is 27.3. The predicted molar refractivity (Wildman–Crippen MR) is 70.1 cm³/mol. The van der Waals surface area contributed by atoms with Crippen LogP contribution in [0.3, 0.4) is 0 Å². The minimum absolute atomic E-state index is 0.0269. The SMILES string of the molecule is O=C(Nc1ccc(O)cc1)c1c(F)cc(Br)cc1F. The molecule has 6 heteroatoms. The molecule has 2 aromatic rings. The summed E-state index contributed by atoms with van der Waals surface area (Å²) in [5.74, 6) is -2.78. The Morgan fingerprint density at radius 2 is 1.63 bits per heavy atom. The van der Waals surface area contributed by atoms with Crippen LogP contribution in [0.4, 0.5) is 14.5 Å². The van der Waals surface area contributed by atoms with Gasteiger partial charge in [0.2, 0.25) is 0 Å². The normalized spacial score (nSPS) is 10.3. The second-order valence-electron chi connectivity index (χ2n) is 3.75. The Balaban J connectivity index is 2.28. The lowest BCUT2D eigenvalue weighted by Crippen LogP contribution is -2.15. The van der Waals surface area contributed by atoms with Crippen LogP contribution in [0.1, 0.15) is 10.4 Å². The number of rotatable bonds is 2. The van der Waals surface area contributed by atoms with Crippen molar-refractivity contribution in [1.29, 1.82) is 0 Å². The molecular weight excluding hydrogens is 320 g/mol. The third kappa shape index (κ3) is 3.08. The summed E-state index contributed by atoms with van der Waals surface area (Å²) in [6.07, 6.45) is 0. The highest BCUT2D eigenvalue weighted by Crippen LogP contribution is 2.21. The first-order valence-corrected chi connectivity index (χ1v) is 6.01. The van der Waals surface area contributed by atoms with Gasteiger partial charge in [0.15, 0.2) is 0 Å². The Morgan fingerprint density at radius 3 is 2.16 bits per heavy atom. The molecule has 2 aromatic carbocycles. The molecule has 3 nitrogen and oxygen atoms in total. The van der Waals surface area contributed by atoms with Gasteiger partial charge in [-0.15, -0.1) is 0 Å². The molecular formula is C13H8BrF2NO2. The number of hydrogen-bond donors (Lipinski definition) is 2. The fourth-order valence-corrected chi connectivity index (χ4v) is 1.90. The van der Waals surface area contributed by atoms with E-state index < -0.39 is 23.1 Å². The number of phenolic OH excluding ortho intramolecular Hbond substituents is 1. The summed E-state index contributed by atoms with van der Waals surface area (Å²) in [7, 11) is 0. The van der Waals surface area contributed by atoms with E-state index in [1.165, 1.54) is 24.3 Å². The average Bonchev–Trinajstić information content (AvgIpc) is 2.30. The Morgan fingerprint density at radius 1 is 1.11 bits per heavy atom. The molecule has 0 spiro atoms. The van der Waals surface area contributed by atoms with Crippen molar-refractivity contribution in [2.24, 2.45) is 0 Å². The largest absolute Gasteiger partial charge is 0.508 e. The zero-order valence-corrected chi connectivity index (χ0v) is 11.0. The van der Waals surface area contributed by atoms with E-state index >= 15 is 0 Å². The van der Waals surface area contributed by atoms with Gasteiger partial charge in [-0.2, -0.15) is 0 Å². The number of carbonyl (C=O) groups is 1. The quantitative estimate of drug-likeness (QED) is 0.826. The van der Waals surface area contributed by atoms with E-state index in [0.717, 1.165) is 12.1 Å². The summed E-state index contributed by atoms with van der Waals surface area (Å²) in [5.41, 5.74) is -0.333. The van der Waals surface area contributed by atoms with Gasteiger partial charge in [0.25, 0.3) is 5.91 Å². The van der Waals surface area contributed by atoms with Crippen LogP contribution in [-0.4, -0.2) is 11.0 Å². The van der Waals surface area contributed by atoms with Gasteiger partial charge in [-0.3, -0.25) is 4.79 Å². The number of amides is 1. The van der Waals surface area contributed by atoms with Crippen LogP contribution in [0.5, 0.6) is 5.75 Å². The highest BCUT2D eigenvalue weighted by Gasteiger charge is 2.18. The number of aromatic hydroxyl groups is 1. The van der Waals surface area contributed by atoms with Crippen LogP contribution in [0.25, 0.3) is 0 Å². The smallest absolute Gasteiger partial charge is 0.261 e. The first-order valence-electron chi connectivity index (χ1n) is 5.22. The zero-order chi connectivity index (χ0) is 14.0. The third-order valence-electron chi connectivity index (χ3n) is 2.36. The molecule has 2 rings (SSSR count). The second kappa shape index (κ2) is 5.36.